The highest BCUT2D eigenvalue weighted by atomic mass is 127. The molecular weight excluding hydrogens is 389 g/mol. The average Bonchev–Trinajstić information content (AvgIpc) is 2.32. The van der Waals surface area contributed by atoms with E-state index in [0.29, 0.717) is 19.7 Å². The molecule has 0 aliphatic heterocycles. The largest absolute Gasteiger partial charge is 0.289 e. The maximum Gasteiger partial charge on any atom is 0.195 e. The van der Waals surface area contributed by atoms with E-state index in [1.165, 1.54) is 18.2 Å². The van der Waals surface area contributed by atoms with Crippen LogP contribution in [0.1, 0.15) is 15.9 Å². The Morgan fingerprint density at radius 2 is 1.83 bits per heavy atom. The number of hydrogen-bond donors (Lipinski definition) is 0. The molecule has 0 unspecified atom stereocenters. The summed E-state index contributed by atoms with van der Waals surface area (Å²) in [6.07, 6.45) is 0. The molecule has 0 saturated heterocycles. The van der Waals surface area contributed by atoms with E-state index in [1.54, 1.807) is 18.2 Å². The van der Waals surface area contributed by atoms with Crippen molar-refractivity contribution in [2.75, 3.05) is 0 Å². The fourth-order valence-electron chi connectivity index (χ4n) is 1.50. The summed E-state index contributed by atoms with van der Waals surface area (Å²) in [5.74, 6) is -0.653. The third kappa shape index (κ3) is 2.68. The number of benzene rings is 2. The van der Waals surface area contributed by atoms with E-state index in [2.05, 4.69) is 0 Å². The van der Waals surface area contributed by atoms with Gasteiger partial charge in [0.15, 0.2) is 5.78 Å². The first kappa shape index (κ1) is 13.8. The van der Waals surface area contributed by atoms with Gasteiger partial charge in [-0.3, -0.25) is 4.79 Å². The number of ketones is 1. The molecule has 0 N–H and O–H groups in total. The van der Waals surface area contributed by atoms with Gasteiger partial charge in [0.1, 0.15) is 5.82 Å². The molecule has 0 fully saturated rings. The van der Waals surface area contributed by atoms with Crippen molar-refractivity contribution in [3.8, 4) is 0 Å². The van der Waals surface area contributed by atoms with Gasteiger partial charge in [-0.1, -0.05) is 29.3 Å². The zero-order valence-corrected chi connectivity index (χ0v) is 12.6. The summed E-state index contributed by atoms with van der Waals surface area (Å²) >= 11 is 13.8. The summed E-state index contributed by atoms with van der Waals surface area (Å²) < 4.78 is 13.5. The molecule has 92 valence electrons. The summed E-state index contributed by atoms with van der Waals surface area (Å²) in [6, 6.07) is 8.83. The van der Waals surface area contributed by atoms with E-state index >= 15 is 0 Å². The second-order valence-electron chi connectivity index (χ2n) is 3.55. The van der Waals surface area contributed by atoms with Crippen LogP contribution in [0.3, 0.4) is 0 Å². The summed E-state index contributed by atoms with van der Waals surface area (Å²) in [5, 5.41) is 0.531. The lowest BCUT2D eigenvalue weighted by atomic mass is 10.0. The van der Waals surface area contributed by atoms with Gasteiger partial charge in [-0.15, -0.1) is 0 Å². The van der Waals surface area contributed by atoms with E-state index in [1.807, 2.05) is 22.6 Å². The maximum atomic E-state index is 13.0. The second kappa shape index (κ2) is 5.55. The quantitative estimate of drug-likeness (QED) is 0.519. The molecule has 0 aromatic heterocycles. The molecule has 0 bridgehead atoms. The molecule has 0 spiro atoms. The molecular formula is C13H6Cl2FIO. The molecule has 5 heteroatoms. The van der Waals surface area contributed by atoms with E-state index in [4.69, 9.17) is 23.2 Å². The Balaban J connectivity index is 2.51. The van der Waals surface area contributed by atoms with Crippen molar-refractivity contribution < 1.29 is 9.18 Å². The van der Waals surface area contributed by atoms with Crippen LogP contribution in [0.4, 0.5) is 4.39 Å². The molecule has 18 heavy (non-hydrogen) atoms. The van der Waals surface area contributed by atoms with Crippen LogP contribution in [0.5, 0.6) is 0 Å². The van der Waals surface area contributed by atoms with Crippen molar-refractivity contribution in [2.24, 2.45) is 0 Å². The van der Waals surface area contributed by atoms with Gasteiger partial charge < -0.3 is 0 Å². The molecule has 2 rings (SSSR count). The molecule has 2 aromatic carbocycles. The van der Waals surface area contributed by atoms with Crippen molar-refractivity contribution in [1.29, 1.82) is 0 Å². The molecule has 0 saturated carbocycles. The number of hydrogen-bond acceptors (Lipinski definition) is 1. The third-order valence-electron chi connectivity index (χ3n) is 2.37. The minimum atomic E-state index is -0.381. The average molecular weight is 395 g/mol. The van der Waals surface area contributed by atoms with Crippen LogP contribution in [-0.2, 0) is 0 Å². The Bertz CT molecular complexity index is 628. The monoisotopic (exact) mass is 394 g/mol. The Kier molecular flexibility index (Phi) is 4.25. The predicted molar refractivity (Wildman–Crippen MR) is 79.0 cm³/mol. The minimum absolute atomic E-state index is 0.212. The number of halogens is 4. The van der Waals surface area contributed by atoms with Crippen LogP contribution in [0.25, 0.3) is 0 Å². The summed E-state index contributed by atoms with van der Waals surface area (Å²) in [5.41, 5.74) is 0.717. The zero-order chi connectivity index (χ0) is 13.3. The Labute approximate surface area is 127 Å². The van der Waals surface area contributed by atoms with E-state index in [9.17, 15) is 9.18 Å². The van der Waals surface area contributed by atoms with Gasteiger partial charge in [0.2, 0.25) is 0 Å². The summed E-state index contributed by atoms with van der Waals surface area (Å²) in [6.45, 7) is 0. The van der Waals surface area contributed by atoms with E-state index < -0.39 is 0 Å². The zero-order valence-electron chi connectivity index (χ0n) is 8.88. The smallest absolute Gasteiger partial charge is 0.195 e. The van der Waals surface area contributed by atoms with Crippen molar-refractivity contribution in [3.05, 3.63) is 67.0 Å². The van der Waals surface area contributed by atoms with Crippen LogP contribution in [0.15, 0.2) is 36.4 Å². The van der Waals surface area contributed by atoms with Gasteiger partial charge >= 0.3 is 0 Å². The van der Waals surface area contributed by atoms with E-state index in [0.717, 1.165) is 0 Å². The first-order valence-corrected chi connectivity index (χ1v) is 6.78. The number of rotatable bonds is 2. The Morgan fingerprint density at radius 3 is 2.50 bits per heavy atom. The molecule has 0 aliphatic carbocycles. The molecule has 0 amide bonds. The standard InChI is InChI=1S/C13H6Cl2FIO/c14-10-3-1-2-9(12(10)15)13(18)8-5-4-7(16)6-11(8)17/h1-6H. The lowest BCUT2D eigenvalue weighted by Gasteiger charge is -2.06. The van der Waals surface area contributed by atoms with Gasteiger partial charge in [0.05, 0.1) is 10.0 Å². The van der Waals surface area contributed by atoms with Gasteiger partial charge in [-0.2, -0.15) is 0 Å². The maximum absolute atomic E-state index is 13.0. The second-order valence-corrected chi connectivity index (χ2v) is 5.50. The molecule has 0 aliphatic rings. The summed E-state index contributed by atoms with van der Waals surface area (Å²) in [4.78, 5) is 12.3. The first-order chi connectivity index (χ1) is 8.50. The van der Waals surface area contributed by atoms with Crippen LogP contribution >= 0.6 is 45.8 Å². The molecule has 0 radical (unpaired) electrons. The topological polar surface area (TPSA) is 17.1 Å². The highest BCUT2D eigenvalue weighted by Crippen LogP contribution is 2.28. The summed E-state index contributed by atoms with van der Waals surface area (Å²) in [7, 11) is 0. The van der Waals surface area contributed by atoms with Crippen LogP contribution in [0, 0.1) is 9.39 Å². The van der Waals surface area contributed by atoms with Gasteiger partial charge in [0.25, 0.3) is 0 Å². The normalized spacial score (nSPS) is 10.4. The number of carbonyl (C=O) groups is 1. The van der Waals surface area contributed by atoms with Gasteiger partial charge in [-0.05, 0) is 52.9 Å². The van der Waals surface area contributed by atoms with E-state index in [-0.39, 0.29) is 16.6 Å². The molecule has 0 atom stereocenters. The lowest BCUT2D eigenvalue weighted by molar-refractivity contribution is 0.103. The van der Waals surface area contributed by atoms with Crippen molar-refractivity contribution in [3.63, 3.8) is 0 Å². The predicted octanol–water partition coefficient (Wildman–Crippen LogP) is 4.97. The highest BCUT2D eigenvalue weighted by molar-refractivity contribution is 14.1. The molecule has 2 aromatic rings. The van der Waals surface area contributed by atoms with Gasteiger partial charge in [-0.25, -0.2) is 4.39 Å². The molecule has 1 nitrogen and oxygen atoms in total. The molecule has 0 heterocycles. The van der Waals surface area contributed by atoms with Crippen LogP contribution in [-0.4, -0.2) is 5.78 Å². The number of carbonyl (C=O) groups excluding carboxylic acids is 1. The van der Waals surface area contributed by atoms with Crippen molar-refractivity contribution >= 4 is 51.6 Å². The first-order valence-electron chi connectivity index (χ1n) is 4.94. The SMILES string of the molecule is O=C(c1ccc(F)cc1I)c1cccc(Cl)c1Cl. The van der Waals surface area contributed by atoms with Crippen molar-refractivity contribution in [2.45, 2.75) is 0 Å². The Hall–Kier alpha value is -0.650. The van der Waals surface area contributed by atoms with Crippen LogP contribution in [0.2, 0.25) is 10.0 Å². The lowest BCUT2D eigenvalue weighted by Crippen LogP contribution is -2.05. The third-order valence-corrected chi connectivity index (χ3v) is 4.08. The highest BCUT2D eigenvalue weighted by Gasteiger charge is 2.17. The fraction of sp³-hybridized carbons (Fsp3) is 0. The van der Waals surface area contributed by atoms with Gasteiger partial charge in [0, 0.05) is 14.7 Å². The van der Waals surface area contributed by atoms with Crippen molar-refractivity contribution in [1.82, 2.24) is 0 Å². The Morgan fingerprint density at radius 1 is 1.11 bits per heavy atom. The minimum Gasteiger partial charge on any atom is -0.289 e. The van der Waals surface area contributed by atoms with Crippen LogP contribution < -0.4 is 0 Å². The fourth-order valence-corrected chi connectivity index (χ4v) is 2.61.